The summed E-state index contributed by atoms with van der Waals surface area (Å²) >= 11 is 7.74. The predicted molar refractivity (Wildman–Crippen MR) is 89.8 cm³/mol. The maximum absolute atomic E-state index is 12.1. The van der Waals surface area contributed by atoms with Crippen LogP contribution in [0.15, 0.2) is 35.7 Å². The molecule has 1 N–H and O–H groups in total. The lowest BCUT2D eigenvalue weighted by molar-refractivity contribution is -0.120. The molecule has 0 unspecified atom stereocenters. The minimum atomic E-state index is -0.0804. The largest absolute Gasteiger partial charge is 0.355 e. The molecular weight excluding hydrogens is 318 g/mol. The van der Waals surface area contributed by atoms with Crippen molar-refractivity contribution in [2.45, 2.75) is 36.6 Å². The summed E-state index contributed by atoms with van der Waals surface area (Å²) in [7, 11) is 0. The minimum Gasteiger partial charge on any atom is -0.355 e. The summed E-state index contributed by atoms with van der Waals surface area (Å²) in [4.78, 5) is 16.5. The number of halogens is 1. The molecule has 0 aliphatic carbocycles. The van der Waals surface area contributed by atoms with Crippen molar-refractivity contribution in [3.05, 3.63) is 41.2 Å². The fourth-order valence-corrected chi connectivity index (χ4v) is 3.86. The van der Waals surface area contributed by atoms with Crippen LogP contribution in [0.2, 0.25) is 5.02 Å². The van der Waals surface area contributed by atoms with Gasteiger partial charge in [-0.25, -0.2) is 4.98 Å². The fourth-order valence-electron chi connectivity index (χ4n) is 2.57. The number of nitrogens with one attached hydrogen (secondary N) is 1. The molecule has 0 bridgehead atoms. The zero-order valence-corrected chi connectivity index (χ0v) is 14.0. The first-order chi connectivity index (χ1) is 10.7. The van der Waals surface area contributed by atoms with E-state index in [0.29, 0.717) is 0 Å². The predicted octanol–water partition coefficient (Wildman–Crippen LogP) is 3.59. The maximum Gasteiger partial charge on any atom is 0.233 e. The topological polar surface area (TPSA) is 46.9 Å². The lowest BCUT2D eigenvalue weighted by Crippen LogP contribution is -2.30. The fraction of sp³-hybridized carbons (Fsp3) is 0.375. The van der Waals surface area contributed by atoms with E-state index in [0.717, 1.165) is 47.2 Å². The van der Waals surface area contributed by atoms with Crippen LogP contribution in [0.5, 0.6) is 0 Å². The van der Waals surface area contributed by atoms with E-state index >= 15 is 0 Å². The van der Waals surface area contributed by atoms with Crippen LogP contribution in [0.4, 0.5) is 0 Å². The van der Waals surface area contributed by atoms with Crippen molar-refractivity contribution in [2.24, 2.45) is 0 Å². The lowest BCUT2D eigenvalue weighted by atomic mass is 10.2. The van der Waals surface area contributed by atoms with Crippen LogP contribution >= 0.6 is 23.4 Å². The molecule has 116 valence electrons. The van der Waals surface area contributed by atoms with Crippen molar-refractivity contribution >= 4 is 29.3 Å². The first-order valence-electron chi connectivity index (χ1n) is 7.40. The summed E-state index contributed by atoms with van der Waals surface area (Å²) in [6.45, 7) is 2.77. The van der Waals surface area contributed by atoms with Crippen molar-refractivity contribution in [1.82, 2.24) is 14.9 Å². The van der Waals surface area contributed by atoms with Gasteiger partial charge in [0.25, 0.3) is 0 Å². The molecule has 1 saturated heterocycles. The molecule has 4 nitrogen and oxygen atoms in total. The Morgan fingerprint density at radius 3 is 3.14 bits per heavy atom. The molecule has 1 aliphatic heterocycles. The number of amides is 1. The van der Waals surface area contributed by atoms with Crippen LogP contribution in [0.3, 0.4) is 0 Å². The SMILES string of the molecule is Cc1c(Cl)cccc1-n1ccnc1S[C@@H]1CCCCNC1=O. The summed E-state index contributed by atoms with van der Waals surface area (Å²) in [5.74, 6) is 0.111. The van der Waals surface area contributed by atoms with Gasteiger partial charge in [-0.05, 0) is 37.5 Å². The number of imidazole rings is 1. The summed E-state index contributed by atoms with van der Waals surface area (Å²) in [6, 6.07) is 5.82. The number of aromatic nitrogens is 2. The third-order valence-electron chi connectivity index (χ3n) is 3.84. The Kier molecular flexibility index (Phi) is 4.74. The van der Waals surface area contributed by atoms with Crippen LogP contribution in [-0.2, 0) is 4.79 Å². The Balaban J connectivity index is 1.89. The standard InChI is InChI=1S/C16H18ClN3OS/c1-11-12(17)5-4-6-13(11)20-10-9-19-16(20)22-14-7-2-3-8-18-15(14)21/h4-6,9-10,14H,2-3,7-8H2,1H3,(H,18,21)/t14-/m1/s1. The number of carbonyl (C=O) groups is 1. The van der Waals surface area contributed by atoms with Gasteiger partial charge in [0.05, 0.1) is 10.9 Å². The normalized spacial score (nSPS) is 18.8. The number of carbonyl (C=O) groups excluding carboxylic acids is 1. The molecule has 2 aromatic rings. The molecule has 1 aromatic carbocycles. The van der Waals surface area contributed by atoms with Gasteiger partial charge in [0.15, 0.2) is 5.16 Å². The van der Waals surface area contributed by atoms with E-state index in [1.165, 1.54) is 11.8 Å². The molecular formula is C16H18ClN3OS. The van der Waals surface area contributed by atoms with Gasteiger partial charge in [-0.3, -0.25) is 9.36 Å². The van der Waals surface area contributed by atoms with Gasteiger partial charge in [-0.15, -0.1) is 0 Å². The van der Waals surface area contributed by atoms with Crippen molar-refractivity contribution in [3.63, 3.8) is 0 Å². The zero-order chi connectivity index (χ0) is 15.5. The van der Waals surface area contributed by atoms with Crippen LogP contribution in [-0.4, -0.2) is 27.3 Å². The highest BCUT2D eigenvalue weighted by Gasteiger charge is 2.24. The van der Waals surface area contributed by atoms with Gasteiger partial charge in [0, 0.05) is 24.0 Å². The molecule has 6 heteroatoms. The zero-order valence-electron chi connectivity index (χ0n) is 12.4. The van der Waals surface area contributed by atoms with Crippen molar-refractivity contribution in [1.29, 1.82) is 0 Å². The molecule has 3 rings (SSSR count). The number of hydrogen-bond acceptors (Lipinski definition) is 3. The highest BCUT2D eigenvalue weighted by molar-refractivity contribution is 8.00. The number of rotatable bonds is 3. The average molecular weight is 336 g/mol. The Labute approximate surface area is 139 Å². The summed E-state index contributed by atoms with van der Waals surface area (Å²) in [5.41, 5.74) is 2.01. The summed E-state index contributed by atoms with van der Waals surface area (Å²) in [5, 5.41) is 4.45. The molecule has 1 aromatic heterocycles. The van der Waals surface area contributed by atoms with Crippen molar-refractivity contribution in [3.8, 4) is 5.69 Å². The van der Waals surface area contributed by atoms with Gasteiger partial charge in [0.1, 0.15) is 0 Å². The van der Waals surface area contributed by atoms with Gasteiger partial charge < -0.3 is 5.32 Å². The van der Waals surface area contributed by atoms with E-state index in [2.05, 4.69) is 10.3 Å². The summed E-state index contributed by atoms with van der Waals surface area (Å²) in [6.07, 6.45) is 6.67. The van der Waals surface area contributed by atoms with Crippen molar-refractivity contribution in [2.75, 3.05) is 6.54 Å². The molecule has 0 spiro atoms. The van der Waals surface area contributed by atoms with Crippen LogP contribution in [0.1, 0.15) is 24.8 Å². The average Bonchev–Trinajstić information content (AvgIpc) is 2.86. The Morgan fingerprint density at radius 2 is 2.27 bits per heavy atom. The molecule has 1 fully saturated rings. The third kappa shape index (κ3) is 3.15. The number of benzene rings is 1. The second kappa shape index (κ2) is 6.75. The van der Waals surface area contributed by atoms with E-state index in [9.17, 15) is 4.79 Å². The lowest BCUT2D eigenvalue weighted by Gasteiger charge is -2.15. The van der Waals surface area contributed by atoms with E-state index in [-0.39, 0.29) is 11.2 Å². The maximum atomic E-state index is 12.1. The second-order valence-corrected chi connectivity index (χ2v) is 6.93. The Bertz CT molecular complexity index is 686. The third-order valence-corrected chi connectivity index (χ3v) is 5.49. The smallest absolute Gasteiger partial charge is 0.233 e. The van der Waals surface area contributed by atoms with Gasteiger partial charge in [-0.2, -0.15) is 0 Å². The first kappa shape index (κ1) is 15.4. The molecule has 1 amide bonds. The Hall–Kier alpha value is -1.46. The summed E-state index contributed by atoms with van der Waals surface area (Å²) < 4.78 is 2.00. The molecule has 1 atom stereocenters. The quantitative estimate of drug-likeness (QED) is 0.932. The van der Waals surface area contributed by atoms with E-state index in [1.54, 1.807) is 6.20 Å². The Morgan fingerprint density at radius 1 is 1.41 bits per heavy atom. The van der Waals surface area contributed by atoms with Crippen molar-refractivity contribution < 1.29 is 4.79 Å². The first-order valence-corrected chi connectivity index (χ1v) is 8.66. The molecule has 22 heavy (non-hydrogen) atoms. The van der Waals surface area contributed by atoms with Gasteiger partial charge in [-0.1, -0.05) is 35.9 Å². The minimum absolute atomic E-state index is 0.0804. The number of thioether (sulfide) groups is 1. The van der Waals surface area contributed by atoms with Gasteiger partial charge in [0.2, 0.25) is 5.91 Å². The number of nitrogens with zero attached hydrogens (tertiary/aromatic N) is 2. The van der Waals surface area contributed by atoms with Crippen LogP contribution in [0, 0.1) is 6.92 Å². The molecule has 0 radical (unpaired) electrons. The molecule has 0 saturated carbocycles. The second-order valence-electron chi connectivity index (χ2n) is 5.36. The highest BCUT2D eigenvalue weighted by atomic mass is 35.5. The molecule has 2 heterocycles. The monoisotopic (exact) mass is 335 g/mol. The van der Waals surface area contributed by atoms with Crippen LogP contribution in [0.25, 0.3) is 5.69 Å². The molecule has 1 aliphatic rings. The van der Waals surface area contributed by atoms with Crippen LogP contribution < -0.4 is 5.32 Å². The number of hydrogen-bond donors (Lipinski definition) is 1. The van der Waals surface area contributed by atoms with E-state index in [1.807, 2.05) is 35.9 Å². The van der Waals surface area contributed by atoms with E-state index < -0.39 is 0 Å². The van der Waals surface area contributed by atoms with Gasteiger partial charge >= 0.3 is 0 Å². The van der Waals surface area contributed by atoms with E-state index in [4.69, 9.17) is 11.6 Å². The highest BCUT2D eigenvalue weighted by Crippen LogP contribution is 2.31.